The number of fused-ring (bicyclic) bond motifs is 3. The van der Waals surface area contributed by atoms with Crippen molar-refractivity contribution in [1.82, 2.24) is 24.9 Å². The molecule has 1 saturated carbocycles. The topological polar surface area (TPSA) is 72.2 Å². The normalized spacial score (nSPS) is 20.5. The van der Waals surface area contributed by atoms with Crippen molar-refractivity contribution in [3.63, 3.8) is 0 Å². The Kier molecular flexibility index (Phi) is 4.80. The third-order valence-electron chi connectivity index (χ3n) is 5.05. The van der Waals surface area contributed by atoms with E-state index in [-0.39, 0.29) is 5.91 Å². The van der Waals surface area contributed by atoms with Gasteiger partial charge in [-0.25, -0.2) is 9.97 Å². The van der Waals surface area contributed by atoms with Crippen LogP contribution in [0.5, 0.6) is 0 Å². The molecule has 1 aromatic carbocycles. The van der Waals surface area contributed by atoms with Crippen LogP contribution in [0.25, 0.3) is 16.6 Å². The van der Waals surface area contributed by atoms with Crippen molar-refractivity contribution in [3.05, 3.63) is 30.1 Å². The first-order chi connectivity index (χ1) is 12.6. The molecule has 1 N–H and O–H groups in total. The Bertz CT molecular complexity index is 954. The molecule has 1 fully saturated rings. The third-order valence-corrected chi connectivity index (χ3v) is 5.97. The van der Waals surface area contributed by atoms with Crippen molar-refractivity contribution < 1.29 is 4.79 Å². The van der Waals surface area contributed by atoms with Crippen LogP contribution in [0.1, 0.15) is 38.4 Å². The predicted molar refractivity (Wildman–Crippen MR) is 103 cm³/mol. The summed E-state index contributed by atoms with van der Waals surface area (Å²) in [4.78, 5) is 21.7. The van der Waals surface area contributed by atoms with E-state index >= 15 is 0 Å². The molecule has 7 heteroatoms. The summed E-state index contributed by atoms with van der Waals surface area (Å²) < 4.78 is 1.75. The van der Waals surface area contributed by atoms with Crippen LogP contribution in [0, 0.1) is 12.8 Å². The average molecular weight is 369 g/mol. The summed E-state index contributed by atoms with van der Waals surface area (Å²) >= 11 is 1.41. The van der Waals surface area contributed by atoms with Crippen LogP contribution >= 0.6 is 11.8 Å². The zero-order valence-corrected chi connectivity index (χ0v) is 15.9. The summed E-state index contributed by atoms with van der Waals surface area (Å²) in [6.45, 7) is 4.09. The molecule has 26 heavy (non-hydrogen) atoms. The number of aromatic nitrogens is 4. The van der Waals surface area contributed by atoms with E-state index in [1.165, 1.54) is 31.0 Å². The van der Waals surface area contributed by atoms with Crippen LogP contribution in [-0.2, 0) is 4.79 Å². The molecule has 1 amide bonds. The van der Waals surface area contributed by atoms with Crippen molar-refractivity contribution in [1.29, 1.82) is 0 Å². The quantitative estimate of drug-likeness (QED) is 0.564. The highest BCUT2D eigenvalue weighted by Gasteiger charge is 2.23. The summed E-state index contributed by atoms with van der Waals surface area (Å²) in [5.41, 5.74) is 1.66. The molecular weight excluding hydrogens is 346 g/mol. The van der Waals surface area contributed by atoms with Gasteiger partial charge in [-0.15, -0.1) is 5.10 Å². The fraction of sp³-hybridized carbons (Fsp3) is 0.474. The lowest BCUT2D eigenvalue weighted by atomic mass is 9.86. The number of rotatable bonds is 4. The maximum absolute atomic E-state index is 12.4. The molecule has 4 rings (SSSR count). The highest BCUT2D eigenvalue weighted by Crippen LogP contribution is 2.25. The van der Waals surface area contributed by atoms with Gasteiger partial charge in [-0.2, -0.15) is 4.52 Å². The first kappa shape index (κ1) is 17.3. The number of hydrogen-bond acceptors (Lipinski definition) is 5. The monoisotopic (exact) mass is 369 g/mol. The van der Waals surface area contributed by atoms with Crippen molar-refractivity contribution in [3.8, 4) is 0 Å². The standard InChI is InChI=1S/C19H23N5OS/c1-12-7-3-5-9-15(12)21-17(25)11-26-19-22-16-10-6-4-8-14(16)18-20-13(2)23-24(18)19/h4,6,8,10,12,15H,3,5,7,9,11H2,1-2H3,(H,21,25)/t12-,15+/m0/s1. The van der Waals surface area contributed by atoms with E-state index in [0.717, 1.165) is 23.0 Å². The van der Waals surface area contributed by atoms with Crippen molar-refractivity contribution in [2.75, 3.05) is 5.75 Å². The number of nitrogens with one attached hydrogen (secondary N) is 1. The number of benzene rings is 1. The second kappa shape index (κ2) is 7.23. The maximum atomic E-state index is 12.4. The Morgan fingerprint density at radius 1 is 1.27 bits per heavy atom. The molecule has 0 aliphatic heterocycles. The van der Waals surface area contributed by atoms with Gasteiger partial charge in [-0.1, -0.05) is 43.7 Å². The number of hydrogen-bond donors (Lipinski definition) is 1. The van der Waals surface area contributed by atoms with Gasteiger partial charge in [0.25, 0.3) is 0 Å². The molecule has 0 unspecified atom stereocenters. The van der Waals surface area contributed by atoms with Gasteiger partial charge in [0, 0.05) is 11.4 Å². The van der Waals surface area contributed by atoms with Crippen LogP contribution < -0.4 is 5.32 Å². The Morgan fingerprint density at radius 2 is 2.08 bits per heavy atom. The van der Waals surface area contributed by atoms with Gasteiger partial charge < -0.3 is 5.32 Å². The van der Waals surface area contributed by atoms with E-state index in [0.29, 0.717) is 28.7 Å². The number of thioether (sulfide) groups is 1. The van der Waals surface area contributed by atoms with E-state index < -0.39 is 0 Å². The summed E-state index contributed by atoms with van der Waals surface area (Å²) in [6.07, 6.45) is 4.75. The summed E-state index contributed by atoms with van der Waals surface area (Å²) in [6, 6.07) is 8.19. The summed E-state index contributed by atoms with van der Waals surface area (Å²) in [5, 5.41) is 9.33. The summed E-state index contributed by atoms with van der Waals surface area (Å²) in [5.74, 6) is 1.66. The van der Waals surface area contributed by atoms with Crippen LogP contribution in [0.3, 0.4) is 0 Å². The molecular formula is C19H23N5OS. The van der Waals surface area contributed by atoms with Gasteiger partial charge in [0.2, 0.25) is 5.91 Å². The molecule has 0 spiro atoms. The van der Waals surface area contributed by atoms with E-state index in [1.807, 2.05) is 31.2 Å². The van der Waals surface area contributed by atoms with Gasteiger partial charge in [0.1, 0.15) is 5.82 Å². The Morgan fingerprint density at radius 3 is 2.92 bits per heavy atom. The van der Waals surface area contributed by atoms with Crippen molar-refractivity contribution in [2.45, 2.75) is 50.7 Å². The second-order valence-corrected chi connectivity index (χ2v) is 7.97. The van der Waals surface area contributed by atoms with Gasteiger partial charge in [0.15, 0.2) is 10.8 Å². The zero-order valence-electron chi connectivity index (χ0n) is 15.1. The fourth-order valence-electron chi connectivity index (χ4n) is 3.64. The van der Waals surface area contributed by atoms with E-state index in [2.05, 4.69) is 22.3 Å². The smallest absolute Gasteiger partial charge is 0.230 e. The van der Waals surface area contributed by atoms with Crippen LogP contribution in [0.2, 0.25) is 0 Å². The molecule has 0 bridgehead atoms. The minimum Gasteiger partial charge on any atom is -0.352 e. The van der Waals surface area contributed by atoms with Crippen molar-refractivity contribution in [2.24, 2.45) is 5.92 Å². The van der Waals surface area contributed by atoms with Gasteiger partial charge >= 0.3 is 0 Å². The van der Waals surface area contributed by atoms with Gasteiger partial charge in [-0.05, 0) is 37.8 Å². The van der Waals surface area contributed by atoms with Gasteiger partial charge in [0.05, 0.1) is 11.3 Å². The zero-order chi connectivity index (χ0) is 18.1. The number of para-hydroxylation sites is 1. The number of carbonyl (C=O) groups is 1. The largest absolute Gasteiger partial charge is 0.352 e. The molecule has 2 atom stereocenters. The van der Waals surface area contributed by atoms with Crippen LogP contribution in [0.15, 0.2) is 29.4 Å². The lowest BCUT2D eigenvalue weighted by Crippen LogP contribution is -2.41. The lowest BCUT2D eigenvalue weighted by Gasteiger charge is -2.29. The Hall–Kier alpha value is -2.15. The molecule has 1 aliphatic rings. The van der Waals surface area contributed by atoms with Crippen LogP contribution in [-0.4, -0.2) is 37.3 Å². The molecule has 6 nitrogen and oxygen atoms in total. The second-order valence-electron chi connectivity index (χ2n) is 7.03. The van der Waals surface area contributed by atoms with Gasteiger partial charge in [-0.3, -0.25) is 4.79 Å². The first-order valence-electron chi connectivity index (χ1n) is 9.16. The molecule has 3 aromatic rings. The number of aryl methyl sites for hydroxylation is 1. The van der Waals surface area contributed by atoms with E-state index in [9.17, 15) is 4.79 Å². The fourth-order valence-corrected chi connectivity index (χ4v) is 4.39. The minimum absolute atomic E-state index is 0.0636. The Labute approximate surface area is 156 Å². The molecule has 2 heterocycles. The number of amides is 1. The maximum Gasteiger partial charge on any atom is 0.230 e. The first-order valence-corrected chi connectivity index (χ1v) is 10.1. The third kappa shape index (κ3) is 3.40. The molecule has 136 valence electrons. The highest BCUT2D eigenvalue weighted by atomic mass is 32.2. The lowest BCUT2D eigenvalue weighted by molar-refractivity contribution is -0.119. The van der Waals surface area contributed by atoms with Crippen molar-refractivity contribution >= 4 is 34.2 Å². The number of nitrogens with zero attached hydrogens (tertiary/aromatic N) is 4. The highest BCUT2D eigenvalue weighted by molar-refractivity contribution is 7.99. The average Bonchev–Trinajstić information content (AvgIpc) is 3.03. The molecule has 2 aromatic heterocycles. The predicted octanol–water partition coefficient (Wildman–Crippen LogP) is 3.37. The summed E-state index contributed by atoms with van der Waals surface area (Å²) in [7, 11) is 0. The minimum atomic E-state index is 0.0636. The van der Waals surface area contributed by atoms with Crippen LogP contribution in [0.4, 0.5) is 0 Å². The van der Waals surface area contributed by atoms with E-state index in [1.54, 1.807) is 4.52 Å². The Balaban J connectivity index is 1.53. The number of carbonyl (C=O) groups excluding carboxylic acids is 1. The van der Waals surface area contributed by atoms with E-state index in [4.69, 9.17) is 4.98 Å². The molecule has 0 radical (unpaired) electrons. The SMILES string of the molecule is Cc1nc2c3ccccc3nc(SCC(=O)N[C@@H]3CCCC[C@@H]3C)n2n1. The molecule has 1 aliphatic carbocycles. The molecule has 0 saturated heterocycles.